The highest BCUT2D eigenvalue weighted by Gasteiger charge is 2.32. The van der Waals surface area contributed by atoms with Crippen molar-refractivity contribution in [2.45, 2.75) is 20.3 Å². The van der Waals surface area contributed by atoms with Crippen molar-refractivity contribution in [2.75, 3.05) is 44.7 Å². The summed E-state index contributed by atoms with van der Waals surface area (Å²) in [6.45, 7) is 7.67. The molecule has 0 aromatic carbocycles. The fourth-order valence-electron chi connectivity index (χ4n) is 3.66. The van der Waals surface area contributed by atoms with Crippen molar-refractivity contribution >= 4 is 46.1 Å². The quantitative estimate of drug-likeness (QED) is 0.533. The third-order valence-corrected chi connectivity index (χ3v) is 6.74. The van der Waals surface area contributed by atoms with Crippen LogP contribution in [0, 0.1) is 18.3 Å². The molecule has 0 aliphatic carbocycles. The fourth-order valence-corrected chi connectivity index (χ4v) is 4.95. The molecular weight excluding hydrogens is 406 g/mol. The highest BCUT2D eigenvalue weighted by Crippen LogP contribution is 2.35. The van der Waals surface area contributed by atoms with Crippen LogP contribution in [-0.2, 0) is 11.8 Å². The van der Waals surface area contributed by atoms with Gasteiger partial charge in [-0.15, -0.1) is 0 Å². The zero-order valence-corrected chi connectivity index (χ0v) is 18.8. The third kappa shape index (κ3) is 3.97. The number of thioether (sulfide) groups is 1. The van der Waals surface area contributed by atoms with Gasteiger partial charge in [0, 0.05) is 45.3 Å². The first-order valence-electron chi connectivity index (χ1n) is 9.62. The Morgan fingerprint density at radius 1 is 1.21 bits per heavy atom. The van der Waals surface area contributed by atoms with E-state index >= 15 is 0 Å². The van der Waals surface area contributed by atoms with Crippen LogP contribution in [0.2, 0.25) is 0 Å². The molecule has 7 nitrogen and oxygen atoms in total. The second-order valence-corrected chi connectivity index (χ2v) is 9.01. The first-order chi connectivity index (χ1) is 13.8. The number of anilines is 1. The number of aromatic nitrogens is 1. The summed E-state index contributed by atoms with van der Waals surface area (Å²) in [5, 5.41) is 9.55. The molecule has 2 saturated heterocycles. The third-order valence-electron chi connectivity index (χ3n) is 5.37. The monoisotopic (exact) mass is 431 g/mol. The maximum absolute atomic E-state index is 12.9. The van der Waals surface area contributed by atoms with Gasteiger partial charge in [-0.25, -0.2) is 0 Å². The fraction of sp³-hybridized carbons (Fsp3) is 0.500. The lowest BCUT2D eigenvalue weighted by Crippen LogP contribution is -2.46. The Labute approximate surface area is 180 Å². The number of hydrogen-bond acceptors (Lipinski definition) is 7. The van der Waals surface area contributed by atoms with E-state index in [4.69, 9.17) is 12.2 Å². The van der Waals surface area contributed by atoms with Crippen molar-refractivity contribution in [3.8, 4) is 6.07 Å². The van der Waals surface area contributed by atoms with Crippen LogP contribution >= 0.6 is 24.0 Å². The number of piperazine rings is 1. The SMILES string of the molecule is CCCN1C(=O)/C(=C/c2c(C)c(C#N)c(=O)n(C)c2N2CCN(C)CC2)SC1=S. The molecule has 0 radical (unpaired) electrons. The van der Waals surface area contributed by atoms with Gasteiger partial charge in [0.1, 0.15) is 21.8 Å². The molecular formula is C20H25N5O2S2. The molecule has 29 heavy (non-hydrogen) atoms. The van der Waals surface area contributed by atoms with Crippen LogP contribution in [0.15, 0.2) is 9.70 Å². The number of nitriles is 1. The van der Waals surface area contributed by atoms with Gasteiger partial charge in [0.05, 0.1) is 4.91 Å². The highest BCUT2D eigenvalue weighted by molar-refractivity contribution is 8.26. The van der Waals surface area contributed by atoms with Crippen LogP contribution in [0.4, 0.5) is 5.82 Å². The maximum atomic E-state index is 12.9. The summed E-state index contributed by atoms with van der Waals surface area (Å²) >= 11 is 6.66. The molecule has 0 bridgehead atoms. The summed E-state index contributed by atoms with van der Waals surface area (Å²) in [7, 11) is 3.76. The van der Waals surface area contributed by atoms with Gasteiger partial charge in [-0.2, -0.15) is 5.26 Å². The number of amides is 1. The smallest absolute Gasteiger partial charge is 0.270 e. The number of likely N-dealkylation sites (N-methyl/N-ethyl adjacent to an activating group) is 1. The minimum atomic E-state index is -0.311. The molecule has 1 aromatic heterocycles. The summed E-state index contributed by atoms with van der Waals surface area (Å²) < 4.78 is 2.09. The van der Waals surface area contributed by atoms with Gasteiger partial charge in [-0.05, 0) is 32.0 Å². The number of rotatable bonds is 4. The molecule has 3 rings (SSSR count). The Hall–Kier alpha value is -2.15. The van der Waals surface area contributed by atoms with E-state index in [1.165, 1.54) is 16.3 Å². The van der Waals surface area contributed by atoms with Crippen molar-refractivity contribution in [3.63, 3.8) is 0 Å². The molecule has 2 aliphatic heterocycles. The summed E-state index contributed by atoms with van der Waals surface area (Å²) in [5.74, 6) is 0.637. The molecule has 1 amide bonds. The van der Waals surface area contributed by atoms with Gasteiger partial charge in [0.25, 0.3) is 11.5 Å². The summed E-state index contributed by atoms with van der Waals surface area (Å²) in [6, 6.07) is 2.04. The Balaban J connectivity index is 2.16. The Kier molecular flexibility index (Phi) is 6.46. The lowest BCUT2D eigenvalue weighted by Gasteiger charge is -2.36. The molecule has 2 fully saturated rings. The van der Waals surface area contributed by atoms with Crippen molar-refractivity contribution in [1.29, 1.82) is 5.26 Å². The van der Waals surface area contributed by atoms with Gasteiger partial charge in [0.2, 0.25) is 0 Å². The van der Waals surface area contributed by atoms with Crippen LogP contribution in [0.5, 0.6) is 0 Å². The summed E-state index contributed by atoms with van der Waals surface area (Å²) in [6.07, 6.45) is 2.63. The topological polar surface area (TPSA) is 72.6 Å². The van der Waals surface area contributed by atoms with E-state index in [1.54, 1.807) is 24.9 Å². The van der Waals surface area contributed by atoms with Crippen LogP contribution in [-0.4, -0.2) is 64.4 Å². The van der Waals surface area contributed by atoms with E-state index < -0.39 is 0 Å². The van der Waals surface area contributed by atoms with Crippen LogP contribution in [0.1, 0.15) is 30.0 Å². The van der Waals surface area contributed by atoms with Gasteiger partial charge in [-0.3, -0.25) is 19.1 Å². The molecule has 0 unspecified atom stereocenters. The Bertz CT molecular complexity index is 984. The second-order valence-electron chi connectivity index (χ2n) is 7.34. The van der Waals surface area contributed by atoms with Gasteiger partial charge in [-0.1, -0.05) is 30.9 Å². The predicted octanol–water partition coefficient (Wildman–Crippen LogP) is 1.93. The molecule has 9 heteroatoms. The number of nitrogens with zero attached hydrogens (tertiary/aromatic N) is 5. The maximum Gasteiger partial charge on any atom is 0.270 e. The Morgan fingerprint density at radius 2 is 1.86 bits per heavy atom. The van der Waals surface area contributed by atoms with Crippen LogP contribution < -0.4 is 10.5 Å². The highest BCUT2D eigenvalue weighted by atomic mass is 32.2. The van der Waals surface area contributed by atoms with Crippen LogP contribution in [0.3, 0.4) is 0 Å². The predicted molar refractivity (Wildman–Crippen MR) is 121 cm³/mol. The average Bonchev–Trinajstić information content (AvgIpc) is 2.95. The number of carbonyl (C=O) groups is 1. The van der Waals surface area contributed by atoms with E-state index in [-0.39, 0.29) is 17.0 Å². The van der Waals surface area contributed by atoms with Gasteiger partial charge in [0.15, 0.2) is 0 Å². The summed E-state index contributed by atoms with van der Waals surface area (Å²) in [5.41, 5.74) is 1.14. The largest absolute Gasteiger partial charge is 0.355 e. The normalized spacial score (nSPS) is 19.3. The molecule has 0 atom stereocenters. The number of carbonyl (C=O) groups excluding carboxylic acids is 1. The second kappa shape index (κ2) is 8.69. The van der Waals surface area contributed by atoms with E-state index in [0.29, 0.717) is 21.3 Å². The van der Waals surface area contributed by atoms with E-state index in [1.807, 2.05) is 13.0 Å². The molecule has 1 aromatic rings. The van der Waals surface area contributed by atoms with E-state index in [2.05, 4.69) is 16.8 Å². The van der Waals surface area contributed by atoms with Crippen LogP contribution in [0.25, 0.3) is 6.08 Å². The van der Waals surface area contributed by atoms with Crippen molar-refractivity contribution in [2.24, 2.45) is 7.05 Å². The lowest BCUT2D eigenvalue weighted by molar-refractivity contribution is -0.122. The number of thiocarbonyl (C=S) groups is 1. The number of pyridine rings is 1. The van der Waals surface area contributed by atoms with Crippen molar-refractivity contribution < 1.29 is 4.79 Å². The first kappa shape index (κ1) is 21.6. The van der Waals surface area contributed by atoms with Gasteiger partial charge < -0.3 is 9.80 Å². The minimum Gasteiger partial charge on any atom is -0.355 e. The molecule has 0 N–H and O–H groups in total. The van der Waals surface area contributed by atoms with Crippen molar-refractivity contribution in [3.05, 3.63) is 31.9 Å². The van der Waals surface area contributed by atoms with Gasteiger partial charge >= 0.3 is 0 Å². The summed E-state index contributed by atoms with van der Waals surface area (Å²) in [4.78, 5) is 32.2. The van der Waals surface area contributed by atoms with E-state index in [9.17, 15) is 14.9 Å². The first-order valence-corrected chi connectivity index (χ1v) is 10.8. The zero-order chi connectivity index (χ0) is 21.3. The van der Waals surface area contributed by atoms with E-state index in [0.717, 1.165) is 44.0 Å². The molecule has 2 aliphatic rings. The van der Waals surface area contributed by atoms with Crippen molar-refractivity contribution in [1.82, 2.24) is 14.4 Å². The Morgan fingerprint density at radius 3 is 2.45 bits per heavy atom. The minimum absolute atomic E-state index is 0.112. The molecule has 0 saturated carbocycles. The lowest BCUT2D eigenvalue weighted by atomic mass is 10.0. The standard InChI is InChI=1S/C20H25N5O2S2/c1-5-6-25-19(27)16(29-20(25)28)11-14-13(2)15(12-21)18(26)23(4)17(14)24-9-7-22(3)8-10-24/h11H,5-10H2,1-4H3/b16-11-. The average molecular weight is 432 g/mol. The molecule has 154 valence electrons. The molecule has 0 spiro atoms. The number of hydrogen-bond donors (Lipinski definition) is 0. The zero-order valence-electron chi connectivity index (χ0n) is 17.2. The molecule has 3 heterocycles.